The van der Waals surface area contributed by atoms with Crippen LogP contribution in [0.15, 0.2) is 0 Å². The Labute approximate surface area is 442 Å². The minimum Gasteiger partial charge on any atom is -0.465 e. The fourth-order valence-electron chi connectivity index (χ4n) is 3.86. The first-order valence-corrected chi connectivity index (χ1v) is 26.2. The van der Waals surface area contributed by atoms with Gasteiger partial charge in [-0.2, -0.15) is 0 Å². The van der Waals surface area contributed by atoms with E-state index in [2.05, 4.69) is 0 Å². The van der Waals surface area contributed by atoms with Crippen molar-refractivity contribution >= 4 is 47.8 Å². The van der Waals surface area contributed by atoms with Crippen LogP contribution in [0.4, 0.5) is 0 Å². The van der Waals surface area contributed by atoms with Gasteiger partial charge in [0.1, 0.15) is 22.4 Å². The van der Waals surface area contributed by atoms with Gasteiger partial charge in [0.25, 0.3) is 0 Å². The second-order valence-electron chi connectivity index (χ2n) is 24.6. The minimum absolute atomic E-state index is 0.185. The number of hydrogen-bond donors (Lipinski definition) is 0. The van der Waals surface area contributed by atoms with E-state index in [0.717, 1.165) is 12.8 Å². The summed E-state index contributed by atoms with van der Waals surface area (Å²) in [5, 5.41) is 0. The van der Waals surface area contributed by atoms with Gasteiger partial charge in [0, 0.05) is 11.8 Å². The first kappa shape index (κ1) is 75.3. The van der Waals surface area contributed by atoms with Crippen LogP contribution in [0.2, 0.25) is 0 Å². The van der Waals surface area contributed by atoms with E-state index in [4.69, 9.17) is 37.9 Å². The molecule has 16 nitrogen and oxygen atoms in total. The summed E-state index contributed by atoms with van der Waals surface area (Å²) in [7, 11) is 0. The third kappa shape index (κ3) is 32.6. The molecule has 0 radical (unpaired) electrons. The van der Waals surface area contributed by atoms with E-state index in [0.29, 0.717) is 32.1 Å². The maximum absolute atomic E-state index is 11.7. The van der Waals surface area contributed by atoms with Gasteiger partial charge in [-0.05, 0) is 162 Å². The zero-order valence-electron chi connectivity index (χ0n) is 51.1. The Morgan fingerprint density at radius 2 is 0.630 bits per heavy atom. The highest BCUT2D eigenvalue weighted by molar-refractivity contribution is 5.81. The van der Waals surface area contributed by atoms with Crippen molar-refractivity contribution in [3.63, 3.8) is 0 Å². The molecule has 0 fully saturated rings. The third-order valence-corrected chi connectivity index (χ3v) is 13.9. The number of esters is 8. The molecule has 0 saturated heterocycles. The Morgan fingerprint density at radius 1 is 0.356 bits per heavy atom. The third-order valence-electron chi connectivity index (χ3n) is 13.9. The number of rotatable bonds is 25. The molecule has 0 saturated carbocycles. The molecular weight excluding hydrogens is 941 g/mol. The van der Waals surface area contributed by atoms with Crippen molar-refractivity contribution < 1.29 is 76.3 Å². The molecule has 0 N–H and O–H groups in total. The van der Waals surface area contributed by atoms with Gasteiger partial charge in [0.15, 0.2) is 19.8 Å². The smallest absolute Gasteiger partial charge is 0.344 e. The van der Waals surface area contributed by atoms with Crippen LogP contribution in [0, 0.1) is 33.0 Å². The van der Waals surface area contributed by atoms with Crippen molar-refractivity contribution in [3.05, 3.63) is 0 Å². The van der Waals surface area contributed by atoms with Gasteiger partial charge in [-0.1, -0.05) is 76.2 Å². The van der Waals surface area contributed by atoms with E-state index in [1.165, 1.54) is 0 Å². The molecule has 0 aromatic carbocycles. The van der Waals surface area contributed by atoms with Crippen LogP contribution in [0.25, 0.3) is 0 Å². The second kappa shape index (κ2) is 32.3. The molecule has 0 bridgehead atoms. The van der Waals surface area contributed by atoms with Crippen LogP contribution in [0.3, 0.4) is 0 Å². The van der Waals surface area contributed by atoms with Gasteiger partial charge in [0.05, 0.1) is 28.3 Å². The number of hydrogen-bond acceptors (Lipinski definition) is 16. The highest BCUT2D eigenvalue weighted by Gasteiger charge is 2.38. The van der Waals surface area contributed by atoms with Crippen LogP contribution in [0.1, 0.15) is 238 Å². The Bertz CT molecular complexity index is 1720. The minimum atomic E-state index is -0.614. The fraction of sp³-hybridized carbons (Fsp3) is 0.860. The first-order valence-electron chi connectivity index (χ1n) is 26.2. The van der Waals surface area contributed by atoms with Crippen LogP contribution < -0.4 is 0 Å². The van der Waals surface area contributed by atoms with Gasteiger partial charge >= 0.3 is 47.8 Å². The molecule has 0 heterocycles. The van der Waals surface area contributed by atoms with E-state index in [-0.39, 0.29) is 74.0 Å². The van der Waals surface area contributed by atoms with Gasteiger partial charge in [0.2, 0.25) is 0 Å². The molecule has 0 amide bonds. The largest absolute Gasteiger partial charge is 0.465 e. The van der Waals surface area contributed by atoms with Crippen molar-refractivity contribution in [2.24, 2.45) is 33.0 Å². The van der Waals surface area contributed by atoms with Crippen molar-refractivity contribution in [1.29, 1.82) is 0 Å². The summed E-state index contributed by atoms with van der Waals surface area (Å²) in [6.45, 7) is 50.0. The van der Waals surface area contributed by atoms with Crippen molar-refractivity contribution in [2.75, 3.05) is 26.4 Å². The summed E-state index contributed by atoms with van der Waals surface area (Å²) < 4.78 is 41.2. The van der Waals surface area contributed by atoms with E-state index in [1.54, 1.807) is 41.5 Å². The molecule has 73 heavy (non-hydrogen) atoms. The number of carbonyl (C=O) groups is 8. The maximum Gasteiger partial charge on any atom is 0.344 e. The predicted octanol–water partition coefficient (Wildman–Crippen LogP) is 12.5. The summed E-state index contributed by atoms with van der Waals surface area (Å²) in [6, 6.07) is 0. The standard InChI is InChI=1S/2C15H28O4.C14H26O4.C13H24O4/c1-9-14(5,6)12(17)18-10-11(16)19-15(7,8)13(2,3)4;1-7-14(3,4)13(17)18-11-9-10-12(16)19-15(5,6)8-2;1-8-13(4,5)12(16)17-9-11(15)18-14(6,7)10(2)3;1-7-12(3,4)11(15)16-9-10(14)17-13(5,6)8-2/h9-10H2,1-8H3;7-11H2,1-6H3;10H,8-9H2,1-7H3;7-9H2,1-6H3. The van der Waals surface area contributed by atoms with Crippen molar-refractivity contribution in [1.82, 2.24) is 0 Å². The monoisotopic (exact) mass is 1050 g/mol. The molecular formula is C57H106O16. The molecule has 0 aliphatic heterocycles. The van der Waals surface area contributed by atoms with Crippen molar-refractivity contribution in [3.8, 4) is 0 Å². The Kier molecular flexibility index (Phi) is 33.3. The van der Waals surface area contributed by atoms with E-state index < -0.39 is 62.0 Å². The van der Waals surface area contributed by atoms with Crippen LogP contribution >= 0.6 is 0 Å². The summed E-state index contributed by atoms with van der Waals surface area (Å²) >= 11 is 0. The summed E-state index contributed by atoms with van der Waals surface area (Å²) in [6.07, 6.45) is 5.01. The molecule has 0 atom stereocenters. The zero-order chi connectivity index (χ0) is 58.8. The average molecular weight is 1050 g/mol. The molecule has 0 spiro atoms. The number of ether oxygens (including phenoxy) is 8. The van der Waals surface area contributed by atoms with Gasteiger partial charge in [-0.25, -0.2) is 14.4 Å². The van der Waals surface area contributed by atoms with E-state index >= 15 is 0 Å². The lowest BCUT2D eigenvalue weighted by molar-refractivity contribution is -0.178. The summed E-state index contributed by atoms with van der Waals surface area (Å²) in [4.78, 5) is 93.0. The molecule has 0 rings (SSSR count). The highest BCUT2D eigenvalue weighted by Crippen LogP contribution is 2.33. The molecule has 0 aliphatic carbocycles. The molecule has 0 aromatic rings. The molecule has 16 heteroatoms. The first-order chi connectivity index (χ1) is 32.6. The van der Waals surface area contributed by atoms with Gasteiger partial charge in [-0.15, -0.1) is 0 Å². The second-order valence-corrected chi connectivity index (χ2v) is 24.6. The quantitative estimate of drug-likeness (QED) is 0.0473. The van der Waals surface area contributed by atoms with Crippen LogP contribution in [-0.4, -0.2) is 96.6 Å². The van der Waals surface area contributed by atoms with E-state index in [1.807, 2.05) is 145 Å². The van der Waals surface area contributed by atoms with Gasteiger partial charge < -0.3 is 37.9 Å². The SMILES string of the molecule is CCC(C)(C)C(=O)OCC(=O)OC(C)(C)C(C)(C)C.CCC(C)(C)C(=O)OCC(=O)OC(C)(C)C(C)C.CCC(C)(C)OC(=O)CCCOC(=O)C(C)(C)CC.CCC(C)(C)OC(=O)COC(=O)C(C)(C)CC. The normalized spacial score (nSPS) is 12.4. The molecule has 0 unspecified atom stereocenters. The highest BCUT2D eigenvalue weighted by atomic mass is 16.6. The Morgan fingerprint density at radius 3 is 0.904 bits per heavy atom. The topological polar surface area (TPSA) is 210 Å². The molecule has 0 aliphatic rings. The fourth-order valence-corrected chi connectivity index (χ4v) is 3.86. The zero-order valence-corrected chi connectivity index (χ0v) is 51.1. The van der Waals surface area contributed by atoms with E-state index in [9.17, 15) is 38.4 Å². The summed E-state index contributed by atoms with van der Waals surface area (Å²) in [5.74, 6) is -2.89. The maximum atomic E-state index is 11.7. The number of carbonyl (C=O) groups excluding carboxylic acids is 8. The summed E-state index contributed by atoms with van der Waals surface area (Å²) in [5.41, 5.74) is -4.42. The average Bonchev–Trinajstić information content (AvgIpc) is 3.27. The van der Waals surface area contributed by atoms with Gasteiger partial charge in [-0.3, -0.25) is 24.0 Å². The lowest BCUT2D eigenvalue weighted by atomic mass is 9.79. The van der Waals surface area contributed by atoms with Crippen LogP contribution in [-0.2, 0) is 76.3 Å². The molecule has 430 valence electrons. The van der Waals surface area contributed by atoms with Crippen LogP contribution in [0.5, 0.6) is 0 Å². The predicted molar refractivity (Wildman–Crippen MR) is 285 cm³/mol. The lowest BCUT2D eigenvalue weighted by Gasteiger charge is -2.37. The Hall–Kier alpha value is -4.24. The molecule has 0 aromatic heterocycles. The Balaban J connectivity index is -0.000000435. The van der Waals surface area contributed by atoms with Crippen molar-refractivity contribution in [2.45, 2.75) is 261 Å². The lowest BCUT2D eigenvalue weighted by Crippen LogP contribution is -2.42.